The number of carbonyl (C=O) groups is 1. The number of nitrogens with zero attached hydrogens (tertiary/aromatic N) is 3. The van der Waals surface area contributed by atoms with E-state index in [1.165, 1.54) is 31.3 Å². The van der Waals surface area contributed by atoms with Crippen LogP contribution < -0.4 is 5.32 Å². The summed E-state index contributed by atoms with van der Waals surface area (Å²) in [6.07, 6.45) is 8.92. The van der Waals surface area contributed by atoms with Crippen molar-refractivity contribution in [2.45, 2.75) is 51.0 Å². The molecule has 0 aromatic carbocycles. The second-order valence-electron chi connectivity index (χ2n) is 7.72. The van der Waals surface area contributed by atoms with Crippen LogP contribution in [-0.2, 0) is 10.3 Å². The molecule has 1 N–H and O–H groups in total. The Morgan fingerprint density at radius 3 is 2.42 bits per heavy atom. The van der Waals surface area contributed by atoms with Crippen LogP contribution in [0.3, 0.4) is 0 Å². The van der Waals surface area contributed by atoms with Gasteiger partial charge in [0.05, 0.1) is 0 Å². The minimum Gasteiger partial charge on any atom is -0.343 e. The van der Waals surface area contributed by atoms with Crippen molar-refractivity contribution in [3.63, 3.8) is 0 Å². The first-order valence-corrected chi connectivity index (χ1v) is 9.09. The van der Waals surface area contributed by atoms with Crippen LogP contribution >= 0.6 is 0 Å². The normalized spacial score (nSPS) is 23.8. The van der Waals surface area contributed by atoms with E-state index in [0.29, 0.717) is 11.7 Å². The third kappa shape index (κ3) is 3.24. The number of nitrogens with one attached hydrogen (secondary N) is 1. The van der Waals surface area contributed by atoms with Gasteiger partial charge in [0.25, 0.3) is 5.89 Å². The summed E-state index contributed by atoms with van der Waals surface area (Å²) in [5.74, 6) is 2.66. The zero-order valence-electron chi connectivity index (χ0n) is 14.5. The molecule has 1 saturated heterocycles. The van der Waals surface area contributed by atoms with Gasteiger partial charge < -0.3 is 14.7 Å². The SMILES string of the molecule is CC(=O)NC1(c2noc(C=C(C3CC3)C3CC3)n2)CCN(C)CC1. The zero-order chi connectivity index (χ0) is 16.7. The maximum Gasteiger partial charge on any atom is 0.250 e. The average Bonchev–Trinajstić information content (AvgIpc) is 3.47. The van der Waals surface area contributed by atoms with Crippen molar-refractivity contribution in [1.29, 1.82) is 0 Å². The maximum atomic E-state index is 11.7. The lowest BCUT2D eigenvalue weighted by Gasteiger charge is -2.38. The van der Waals surface area contributed by atoms with E-state index in [0.717, 1.165) is 37.8 Å². The van der Waals surface area contributed by atoms with Gasteiger partial charge in [-0.15, -0.1) is 0 Å². The highest BCUT2D eigenvalue weighted by Crippen LogP contribution is 2.49. The smallest absolute Gasteiger partial charge is 0.250 e. The lowest BCUT2D eigenvalue weighted by molar-refractivity contribution is -0.121. The van der Waals surface area contributed by atoms with Crippen molar-refractivity contribution < 1.29 is 9.32 Å². The second kappa shape index (κ2) is 5.99. The lowest BCUT2D eigenvalue weighted by Crippen LogP contribution is -2.52. The Morgan fingerprint density at radius 2 is 1.88 bits per heavy atom. The van der Waals surface area contributed by atoms with Gasteiger partial charge in [0, 0.05) is 26.1 Å². The van der Waals surface area contributed by atoms with Gasteiger partial charge in [0.2, 0.25) is 5.91 Å². The van der Waals surface area contributed by atoms with Gasteiger partial charge in [-0.2, -0.15) is 4.98 Å². The molecule has 1 aromatic rings. The molecule has 1 amide bonds. The van der Waals surface area contributed by atoms with Gasteiger partial charge in [-0.25, -0.2) is 0 Å². The molecule has 24 heavy (non-hydrogen) atoms. The number of aromatic nitrogens is 2. The summed E-state index contributed by atoms with van der Waals surface area (Å²) in [7, 11) is 2.10. The molecule has 6 heteroatoms. The van der Waals surface area contributed by atoms with E-state index >= 15 is 0 Å². The standard InChI is InChI=1S/C18H26N4O2/c1-12(23)20-18(7-9-22(2)10-8-18)17-19-16(24-21-17)11-15(13-3-4-13)14-5-6-14/h11,13-14H,3-10H2,1-2H3,(H,20,23). The number of hydrogen-bond donors (Lipinski definition) is 1. The largest absolute Gasteiger partial charge is 0.343 e. The fourth-order valence-electron chi connectivity index (χ4n) is 3.77. The van der Waals surface area contributed by atoms with E-state index in [1.54, 1.807) is 6.92 Å². The third-order valence-corrected chi connectivity index (χ3v) is 5.51. The molecule has 1 aliphatic heterocycles. The van der Waals surface area contributed by atoms with Gasteiger partial charge >= 0.3 is 0 Å². The second-order valence-corrected chi connectivity index (χ2v) is 7.72. The molecule has 4 rings (SSSR count). The number of allylic oxidation sites excluding steroid dienone is 1. The zero-order valence-corrected chi connectivity index (χ0v) is 14.5. The first-order chi connectivity index (χ1) is 11.6. The molecule has 130 valence electrons. The van der Waals surface area contributed by atoms with Crippen LogP contribution in [0.15, 0.2) is 10.1 Å². The Labute approximate surface area is 142 Å². The predicted molar refractivity (Wildman–Crippen MR) is 89.9 cm³/mol. The lowest BCUT2D eigenvalue weighted by atomic mass is 9.86. The number of piperidine rings is 1. The number of rotatable bonds is 5. The molecule has 0 radical (unpaired) electrons. The van der Waals surface area contributed by atoms with Crippen LogP contribution in [0.5, 0.6) is 0 Å². The quantitative estimate of drug-likeness (QED) is 0.897. The Hall–Kier alpha value is -1.69. The van der Waals surface area contributed by atoms with Crippen LogP contribution in [0.1, 0.15) is 57.2 Å². The first kappa shape index (κ1) is 15.8. The van der Waals surface area contributed by atoms with Crippen molar-refractivity contribution in [1.82, 2.24) is 20.4 Å². The van der Waals surface area contributed by atoms with Crippen molar-refractivity contribution in [2.24, 2.45) is 11.8 Å². The van der Waals surface area contributed by atoms with E-state index in [1.807, 2.05) is 0 Å². The number of amides is 1. The fraction of sp³-hybridized carbons (Fsp3) is 0.722. The highest BCUT2D eigenvalue weighted by Gasteiger charge is 2.41. The highest BCUT2D eigenvalue weighted by atomic mass is 16.5. The fourth-order valence-corrected chi connectivity index (χ4v) is 3.77. The number of hydrogen-bond acceptors (Lipinski definition) is 5. The molecule has 3 aliphatic rings. The molecule has 0 bridgehead atoms. The highest BCUT2D eigenvalue weighted by molar-refractivity contribution is 5.74. The topological polar surface area (TPSA) is 71.3 Å². The van der Waals surface area contributed by atoms with E-state index in [9.17, 15) is 4.79 Å². The van der Waals surface area contributed by atoms with Crippen LogP contribution in [0.2, 0.25) is 0 Å². The number of carbonyl (C=O) groups excluding carboxylic acids is 1. The predicted octanol–water partition coefficient (Wildman–Crippen LogP) is 2.33. The minimum absolute atomic E-state index is 0.0434. The molecule has 2 heterocycles. The summed E-state index contributed by atoms with van der Waals surface area (Å²) in [5.41, 5.74) is 1.01. The Kier molecular flexibility index (Phi) is 3.95. The van der Waals surface area contributed by atoms with Crippen LogP contribution in [0.4, 0.5) is 0 Å². The van der Waals surface area contributed by atoms with Gasteiger partial charge in [0.1, 0.15) is 5.54 Å². The molecule has 0 atom stereocenters. The van der Waals surface area contributed by atoms with Crippen LogP contribution in [0, 0.1) is 11.8 Å². The molecule has 0 unspecified atom stereocenters. The Morgan fingerprint density at radius 1 is 1.25 bits per heavy atom. The summed E-state index contributed by atoms with van der Waals surface area (Å²) in [4.78, 5) is 18.6. The summed E-state index contributed by atoms with van der Waals surface area (Å²) in [6, 6.07) is 0. The average molecular weight is 330 g/mol. The monoisotopic (exact) mass is 330 g/mol. The van der Waals surface area contributed by atoms with Crippen LogP contribution in [-0.4, -0.2) is 41.1 Å². The van der Waals surface area contributed by atoms with Gasteiger partial charge in [-0.05, 0) is 57.4 Å². The van der Waals surface area contributed by atoms with E-state index < -0.39 is 5.54 Å². The van der Waals surface area contributed by atoms with Crippen molar-refractivity contribution in [3.8, 4) is 0 Å². The van der Waals surface area contributed by atoms with Crippen LogP contribution in [0.25, 0.3) is 6.08 Å². The Balaban J connectivity index is 1.59. The summed E-state index contributed by atoms with van der Waals surface area (Å²) in [5, 5.41) is 7.34. The third-order valence-electron chi connectivity index (χ3n) is 5.51. The molecular weight excluding hydrogens is 304 g/mol. The number of likely N-dealkylation sites (tertiary alicyclic amines) is 1. The molecule has 6 nitrogen and oxygen atoms in total. The van der Waals surface area contributed by atoms with E-state index in [-0.39, 0.29) is 5.91 Å². The minimum atomic E-state index is -0.493. The van der Waals surface area contributed by atoms with Gasteiger partial charge in [0.15, 0.2) is 5.82 Å². The molecule has 0 spiro atoms. The van der Waals surface area contributed by atoms with Crippen molar-refractivity contribution in [3.05, 3.63) is 17.3 Å². The van der Waals surface area contributed by atoms with Gasteiger partial charge in [-0.3, -0.25) is 4.79 Å². The first-order valence-electron chi connectivity index (χ1n) is 9.09. The summed E-state index contributed by atoms with van der Waals surface area (Å²) >= 11 is 0. The Bertz CT molecular complexity index is 636. The van der Waals surface area contributed by atoms with E-state index in [2.05, 4.69) is 33.5 Å². The maximum absolute atomic E-state index is 11.7. The molecule has 2 aliphatic carbocycles. The summed E-state index contributed by atoms with van der Waals surface area (Å²) < 4.78 is 5.54. The molecular formula is C18H26N4O2. The summed E-state index contributed by atoms with van der Waals surface area (Å²) in [6.45, 7) is 3.38. The van der Waals surface area contributed by atoms with Gasteiger partial charge in [-0.1, -0.05) is 10.7 Å². The molecule has 1 aromatic heterocycles. The molecule has 2 saturated carbocycles. The van der Waals surface area contributed by atoms with Crippen molar-refractivity contribution >= 4 is 12.0 Å². The van der Waals surface area contributed by atoms with E-state index in [4.69, 9.17) is 4.52 Å². The van der Waals surface area contributed by atoms with Crippen molar-refractivity contribution in [2.75, 3.05) is 20.1 Å². The molecule has 3 fully saturated rings.